The number of ether oxygens (including phenoxy) is 1. The molecule has 0 aromatic heterocycles. The largest absolute Gasteiger partial charge is 1.00 e. The van der Waals surface area contributed by atoms with E-state index in [1.165, 1.54) is 12.1 Å². The van der Waals surface area contributed by atoms with Crippen molar-refractivity contribution < 1.29 is 69.1 Å². The first-order valence-electron chi connectivity index (χ1n) is 6.37. The Labute approximate surface area is 165 Å². The molecule has 0 bridgehead atoms. The number of allylic oxidation sites excluding steroid dienone is 1. The zero-order valence-electron chi connectivity index (χ0n) is 12.4. The van der Waals surface area contributed by atoms with Crippen molar-refractivity contribution in [2.24, 2.45) is 0 Å². The van der Waals surface area contributed by atoms with Gasteiger partial charge in [-0.05, 0) is 36.8 Å². The number of fused-ring (bicyclic) bond motifs is 1. The molecule has 0 saturated carbocycles. The van der Waals surface area contributed by atoms with E-state index >= 15 is 0 Å². The van der Waals surface area contributed by atoms with Crippen LogP contribution in [0.5, 0.6) is 5.75 Å². The molecular weight excluding hydrogens is 303 g/mol. The van der Waals surface area contributed by atoms with Crippen molar-refractivity contribution in [1.82, 2.24) is 0 Å². The van der Waals surface area contributed by atoms with E-state index in [1.54, 1.807) is 30.3 Å². The minimum absolute atomic E-state index is 0. The topological polar surface area (TPSA) is 9.23 Å². The Bertz CT molecular complexity index is 649. The van der Waals surface area contributed by atoms with Crippen molar-refractivity contribution in [1.29, 1.82) is 0 Å². The van der Waals surface area contributed by atoms with Crippen molar-refractivity contribution in [2.75, 3.05) is 6.61 Å². The summed E-state index contributed by atoms with van der Waals surface area (Å²) in [5.74, 6) is -0.103. The third-order valence-corrected chi connectivity index (χ3v) is 2.99. The second kappa shape index (κ2) is 7.83. The van der Waals surface area contributed by atoms with Crippen LogP contribution in [0.4, 0.5) is 12.9 Å². The average molecular weight is 318 g/mol. The average Bonchev–Trinajstić information content (AvgIpc) is 2.36. The molecule has 2 rings (SSSR count). The van der Waals surface area contributed by atoms with Gasteiger partial charge in [-0.25, -0.2) is 0 Å². The molecule has 0 atom stereocenters. The second-order valence-corrected chi connectivity index (χ2v) is 4.87. The van der Waals surface area contributed by atoms with Crippen LogP contribution < -0.4 is 61.6 Å². The van der Waals surface area contributed by atoms with Crippen LogP contribution in [0.2, 0.25) is 0 Å². The van der Waals surface area contributed by atoms with Crippen molar-refractivity contribution in [3.63, 3.8) is 0 Å². The normalized spacial score (nSPS) is 10.9. The Kier molecular flexibility index (Phi) is 7.00. The van der Waals surface area contributed by atoms with E-state index in [1.807, 2.05) is 13.8 Å². The molecule has 0 aliphatic carbocycles. The summed E-state index contributed by atoms with van der Waals surface area (Å²) in [6.45, 7) is -1.24. The van der Waals surface area contributed by atoms with Crippen molar-refractivity contribution in [2.45, 2.75) is 13.8 Å². The van der Waals surface area contributed by atoms with Crippen LogP contribution >= 0.6 is 0 Å². The monoisotopic (exact) mass is 318 g/mol. The van der Waals surface area contributed by atoms with Crippen molar-refractivity contribution in [3.05, 3.63) is 48.0 Å². The third-order valence-electron chi connectivity index (χ3n) is 2.99. The fraction of sp³-hybridized carbons (Fsp3) is 0.200. The van der Waals surface area contributed by atoms with Gasteiger partial charge in [-0.3, -0.25) is 0 Å². The van der Waals surface area contributed by atoms with Crippen LogP contribution in [0.25, 0.3) is 10.8 Å². The van der Waals surface area contributed by atoms with Gasteiger partial charge in [-0.15, -0.1) is 0 Å². The van der Waals surface area contributed by atoms with Gasteiger partial charge in [0.05, 0.1) is 5.75 Å². The molecule has 106 valence electrons. The molecule has 0 N–H and O–H groups in total. The Morgan fingerprint density at radius 3 is 2.38 bits per heavy atom. The molecular formula is C15H15BF3KO. The summed E-state index contributed by atoms with van der Waals surface area (Å²) in [6, 6.07) is 9.52. The van der Waals surface area contributed by atoms with Gasteiger partial charge in [0.1, 0.15) is 6.61 Å². The van der Waals surface area contributed by atoms with E-state index in [0.717, 1.165) is 5.57 Å². The van der Waals surface area contributed by atoms with Crippen LogP contribution in [0.15, 0.2) is 48.0 Å². The van der Waals surface area contributed by atoms with E-state index in [9.17, 15) is 12.9 Å². The Balaban J connectivity index is 0.00000220. The first-order valence-corrected chi connectivity index (χ1v) is 6.37. The predicted octanol–water partition coefficient (Wildman–Crippen LogP) is 1.24. The summed E-state index contributed by atoms with van der Waals surface area (Å²) in [5.41, 5.74) is 0.357. The summed E-state index contributed by atoms with van der Waals surface area (Å²) in [4.78, 5) is 0. The number of rotatable bonds is 4. The van der Waals surface area contributed by atoms with Gasteiger partial charge < -0.3 is 17.7 Å². The smallest absolute Gasteiger partial charge is 0.493 e. The van der Waals surface area contributed by atoms with E-state index in [-0.39, 0.29) is 69.1 Å². The third kappa shape index (κ3) is 4.86. The van der Waals surface area contributed by atoms with Crippen LogP contribution in [0.1, 0.15) is 13.8 Å². The van der Waals surface area contributed by atoms with E-state index in [4.69, 9.17) is 4.74 Å². The van der Waals surface area contributed by atoms with E-state index in [0.29, 0.717) is 5.39 Å². The first-order chi connectivity index (χ1) is 9.39. The summed E-state index contributed by atoms with van der Waals surface area (Å²) >= 11 is 0. The standard InChI is InChI=1S/C15H15BF3O.K/c1-11(2)9-10-20-14-8-7-12-5-3-4-6-13(12)15(14)16(17,18)19;/h3-9H,10H2,1-2H3;/q-1;+1. The maximum atomic E-state index is 13.3. The molecule has 0 unspecified atom stereocenters. The van der Waals surface area contributed by atoms with Gasteiger partial charge in [0.15, 0.2) is 0 Å². The van der Waals surface area contributed by atoms with Gasteiger partial charge in [0.2, 0.25) is 0 Å². The molecule has 21 heavy (non-hydrogen) atoms. The SMILES string of the molecule is CC(C)=CCOc1ccc2ccccc2c1[B-](F)(F)F.[K+]. The van der Waals surface area contributed by atoms with Crippen LogP contribution in [-0.4, -0.2) is 13.6 Å². The van der Waals surface area contributed by atoms with Crippen LogP contribution in [-0.2, 0) is 0 Å². The van der Waals surface area contributed by atoms with Crippen molar-refractivity contribution in [3.8, 4) is 5.75 Å². The zero-order valence-corrected chi connectivity index (χ0v) is 15.5. The molecule has 2 aromatic rings. The van der Waals surface area contributed by atoms with Gasteiger partial charge in [0.25, 0.3) is 0 Å². The maximum absolute atomic E-state index is 13.3. The van der Waals surface area contributed by atoms with Gasteiger partial charge in [0, 0.05) is 0 Å². The molecule has 0 spiro atoms. The van der Waals surface area contributed by atoms with Gasteiger partial charge in [-0.2, -0.15) is 0 Å². The molecule has 0 radical (unpaired) electrons. The molecule has 0 aliphatic heterocycles. The van der Waals surface area contributed by atoms with Gasteiger partial charge in [-0.1, -0.05) is 41.4 Å². The Hall–Kier alpha value is -0.269. The Morgan fingerprint density at radius 1 is 1.10 bits per heavy atom. The van der Waals surface area contributed by atoms with Crippen molar-refractivity contribution >= 4 is 23.2 Å². The Morgan fingerprint density at radius 2 is 1.76 bits per heavy atom. The van der Waals surface area contributed by atoms with Crippen LogP contribution in [0, 0.1) is 0 Å². The molecule has 0 amide bonds. The first kappa shape index (κ1) is 18.8. The number of hydrogen-bond donors (Lipinski definition) is 0. The minimum atomic E-state index is -5.13. The van der Waals surface area contributed by atoms with E-state index < -0.39 is 12.4 Å². The fourth-order valence-corrected chi connectivity index (χ4v) is 2.04. The van der Waals surface area contributed by atoms with Gasteiger partial charge >= 0.3 is 58.4 Å². The summed E-state index contributed by atoms with van der Waals surface area (Å²) < 4.78 is 45.3. The quantitative estimate of drug-likeness (QED) is 0.609. The predicted molar refractivity (Wildman–Crippen MR) is 77.6 cm³/mol. The molecule has 6 heteroatoms. The molecule has 2 aromatic carbocycles. The van der Waals surface area contributed by atoms with E-state index in [2.05, 4.69) is 0 Å². The minimum Gasteiger partial charge on any atom is -0.493 e. The number of halogens is 3. The maximum Gasteiger partial charge on any atom is 1.00 e. The summed E-state index contributed by atoms with van der Waals surface area (Å²) in [6.07, 6.45) is 1.75. The fourth-order valence-electron chi connectivity index (χ4n) is 2.04. The molecule has 0 saturated heterocycles. The second-order valence-electron chi connectivity index (χ2n) is 4.87. The zero-order chi connectivity index (χ0) is 14.8. The summed E-state index contributed by atoms with van der Waals surface area (Å²) in [7, 11) is 0. The number of benzene rings is 2. The molecule has 0 heterocycles. The molecule has 0 aliphatic rings. The molecule has 1 nitrogen and oxygen atoms in total. The number of hydrogen-bond acceptors (Lipinski definition) is 1. The van der Waals surface area contributed by atoms with Crippen LogP contribution in [0.3, 0.4) is 0 Å². The molecule has 0 fully saturated rings. The summed E-state index contributed by atoms with van der Waals surface area (Å²) in [5, 5.41) is 0.756.